The molecule has 1 aromatic carbocycles. The minimum Gasteiger partial charge on any atom is -0.484 e. The second kappa shape index (κ2) is 7.63. The quantitative estimate of drug-likeness (QED) is 0.622. The third kappa shape index (κ3) is 4.56. The molecular formula is C19H14F6N2O3. The summed E-state index contributed by atoms with van der Waals surface area (Å²) < 4.78 is 83.0. The number of nitrogens with zero attached hydrogens (tertiary/aromatic N) is 2. The van der Waals surface area contributed by atoms with Crippen molar-refractivity contribution < 1.29 is 36.2 Å². The van der Waals surface area contributed by atoms with Gasteiger partial charge in [-0.25, -0.2) is 4.98 Å². The topological polar surface area (TPSA) is 63.8 Å². The highest BCUT2D eigenvalue weighted by Gasteiger charge is 2.38. The smallest absolute Gasteiger partial charge is 0.434 e. The molecule has 0 unspecified atom stereocenters. The Morgan fingerprint density at radius 1 is 1.10 bits per heavy atom. The van der Waals surface area contributed by atoms with Gasteiger partial charge in [0.2, 0.25) is 0 Å². The molecule has 0 aliphatic heterocycles. The number of aliphatic hydroxyl groups excluding tert-OH is 1. The number of aliphatic hydroxyl groups is 1. The number of pyridine rings is 1. The number of benzene rings is 1. The highest BCUT2D eigenvalue weighted by Crippen LogP contribution is 2.35. The SMILES string of the molecule is C[C@@H](O)c1ccn2c(=O)c(-c3ccc(OCC(F)(F)F)cc3)c(C(F)(F)F)nc2c1. The van der Waals surface area contributed by atoms with E-state index < -0.39 is 41.9 Å². The molecule has 0 aliphatic carbocycles. The molecule has 160 valence electrons. The maximum atomic E-state index is 13.6. The van der Waals surface area contributed by atoms with Crippen molar-refractivity contribution in [1.29, 1.82) is 0 Å². The monoisotopic (exact) mass is 432 g/mol. The number of halogens is 6. The van der Waals surface area contributed by atoms with E-state index in [1.165, 1.54) is 25.3 Å². The lowest BCUT2D eigenvalue weighted by Gasteiger charge is -2.15. The molecule has 3 rings (SSSR count). The van der Waals surface area contributed by atoms with Gasteiger partial charge in [0.1, 0.15) is 11.4 Å². The first-order valence-electron chi connectivity index (χ1n) is 8.48. The van der Waals surface area contributed by atoms with Crippen LogP contribution in [0.4, 0.5) is 26.3 Å². The second-order valence-corrected chi connectivity index (χ2v) is 6.43. The lowest BCUT2D eigenvalue weighted by atomic mass is 10.0. The molecule has 1 N–H and O–H groups in total. The van der Waals surface area contributed by atoms with Crippen LogP contribution in [0.15, 0.2) is 47.4 Å². The maximum Gasteiger partial charge on any atom is 0.434 e. The van der Waals surface area contributed by atoms with Gasteiger partial charge in [-0.2, -0.15) is 26.3 Å². The lowest BCUT2D eigenvalue weighted by Crippen LogP contribution is -2.24. The molecule has 3 aromatic rings. The molecule has 0 amide bonds. The zero-order chi connectivity index (χ0) is 22.3. The van der Waals surface area contributed by atoms with E-state index in [-0.39, 0.29) is 22.5 Å². The van der Waals surface area contributed by atoms with Crippen LogP contribution in [0.1, 0.15) is 24.3 Å². The number of aromatic nitrogens is 2. The number of rotatable bonds is 4. The van der Waals surface area contributed by atoms with Crippen LogP contribution in [-0.2, 0) is 6.18 Å². The van der Waals surface area contributed by atoms with E-state index in [1.807, 2.05) is 0 Å². The van der Waals surface area contributed by atoms with Crippen molar-refractivity contribution in [3.8, 4) is 16.9 Å². The van der Waals surface area contributed by atoms with Gasteiger partial charge in [0.05, 0.1) is 11.7 Å². The predicted molar refractivity (Wildman–Crippen MR) is 94.1 cm³/mol. The summed E-state index contributed by atoms with van der Waals surface area (Å²) in [6.45, 7) is -0.155. The Hall–Kier alpha value is -3.08. The molecule has 30 heavy (non-hydrogen) atoms. The molecule has 0 radical (unpaired) electrons. The van der Waals surface area contributed by atoms with Crippen molar-refractivity contribution in [2.24, 2.45) is 0 Å². The molecule has 0 bridgehead atoms. The van der Waals surface area contributed by atoms with Crippen LogP contribution >= 0.6 is 0 Å². The molecule has 0 aliphatic rings. The van der Waals surface area contributed by atoms with Crippen molar-refractivity contribution in [2.45, 2.75) is 25.4 Å². The van der Waals surface area contributed by atoms with E-state index in [2.05, 4.69) is 9.72 Å². The van der Waals surface area contributed by atoms with E-state index in [0.29, 0.717) is 0 Å². The summed E-state index contributed by atoms with van der Waals surface area (Å²) in [5.41, 5.74) is -3.44. The summed E-state index contributed by atoms with van der Waals surface area (Å²) in [6.07, 6.45) is -9.34. The summed E-state index contributed by atoms with van der Waals surface area (Å²) in [7, 11) is 0. The Bertz CT molecular complexity index is 1120. The first kappa shape index (κ1) is 21.6. The fourth-order valence-electron chi connectivity index (χ4n) is 2.76. The third-order valence-electron chi connectivity index (χ3n) is 4.15. The van der Waals surface area contributed by atoms with Gasteiger partial charge < -0.3 is 9.84 Å². The highest BCUT2D eigenvalue weighted by molar-refractivity contribution is 5.68. The number of ether oxygens (including phenoxy) is 1. The van der Waals surface area contributed by atoms with Crippen LogP contribution in [0.2, 0.25) is 0 Å². The van der Waals surface area contributed by atoms with Crippen molar-refractivity contribution in [3.63, 3.8) is 0 Å². The van der Waals surface area contributed by atoms with Crippen LogP contribution < -0.4 is 10.3 Å². The van der Waals surface area contributed by atoms with E-state index in [9.17, 15) is 36.2 Å². The zero-order valence-electron chi connectivity index (χ0n) is 15.3. The van der Waals surface area contributed by atoms with Gasteiger partial charge in [0, 0.05) is 6.20 Å². The zero-order valence-corrected chi connectivity index (χ0v) is 15.3. The predicted octanol–water partition coefficient (Wildman–Crippen LogP) is 4.37. The number of hydrogen-bond acceptors (Lipinski definition) is 4. The van der Waals surface area contributed by atoms with Crippen molar-refractivity contribution in [3.05, 3.63) is 64.2 Å². The van der Waals surface area contributed by atoms with Crippen molar-refractivity contribution in [1.82, 2.24) is 9.38 Å². The Morgan fingerprint density at radius 2 is 1.73 bits per heavy atom. The van der Waals surface area contributed by atoms with Crippen molar-refractivity contribution >= 4 is 5.65 Å². The average molecular weight is 432 g/mol. The van der Waals surface area contributed by atoms with Gasteiger partial charge in [-0.3, -0.25) is 9.20 Å². The van der Waals surface area contributed by atoms with Crippen LogP contribution in [0.3, 0.4) is 0 Å². The van der Waals surface area contributed by atoms with Gasteiger partial charge in [-0.15, -0.1) is 0 Å². The number of alkyl halides is 6. The Morgan fingerprint density at radius 3 is 2.27 bits per heavy atom. The van der Waals surface area contributed by atoms with E-state index in [4.69, 9.17) is 0 Å². The second-order valence-electron chi connectivity index (χ2n) is 6.43. The molecule has 5 nitrogen and oxygen atoms in total. The standard InChI is InChI=1S/C19H14F6N2O3/c1-10(28)12-6-7-27-14(8-12)26-16(19(23,24)25)15(17(27)29)11-2-4-13(5-3-11)30-9-18(20,21)22/h2-8,10,28H,9H2,1H3/t10-/m1/s1. The largest absolute Gasteiger partial charge is 0.484 e. The van der Waals surface area contributed by atoms with Gasteiger partial charge in [0.25, 0.3) is 5.56 Å². The summed E-state index contributed by atoms with van der Waals surface area (Å²) in [6, 6.07) is 6.70. The molecule has 0 saturated heterocycles. The maximum absolute atomic E-state index is 13.6. The molecule has 11 heteroatoms. The summed E-state index contributed by atoms with van der Waals surface area (Å²) in [5.74, 6) is -0.222. The Kier molecular flexibility index (Phi) is 5.50. The normalized spacial score (nSPS) is 13.5. The number of fused-ring (bicyclic) bond motifs is 1. The summed E-state index contributed by atoms with van der Waals surface area (Å²) >= 11 is 0. The third-order valence-corrected chi connectivity index (χ3v) is 4.15. The highest BCUT2D eigenvalue weighted by atomic mass is 19.4. The van der Waals surface area contributed by atoms with Gasteiger partial charge >= 0.3 is 12.4 Å². The van der Waals surface area contributed by atoms with E-state index in [0.717, 1.165) is 28.7 Å². The van der Waals surface area contributed by atoms with Crippen LogP contribution in [-0.4, -0.2) is 27.3 Å². The van der Waals surface area contributed by atoms with Gasteiger partial charge in [-0.1, -0.05) is 12.1 Å². The summed E-state index contributed by atoms with van der Waals surface area (Å²) in [5, 5.41) is 9.61. The van der Waals surface area contributed by atoms with Gasteiger partial charge in [-0.05, 0) is 42.3 Å². The first-order chi connectivity index (χ1) is 13.9. The molecule has 0 fully saturated rings. The molecular weight excluding hydrogens is 418 g/mol. The molecule has 0 spiro atoms. The van der Waals surface area contributed by atoms with Crippen molar-refractivity contribution in [2.75, 3.05) is 6.61 Å². The van der Waals surface area contributed by atoms with Crippen LogP contribution in [0.25, 0.3) is 16.8 Å². The van der Waals surface area contributed by atoms with E-state index in [1.54, 1.807) is 0 Å². The minimum atomic E-state index is -4.98. The first-order valence-corrected chi connectivity index (χ1v) is 8.48. The van der Waals surface area contributed by atoms with E-state index >= 15 is 0 Å². The Labute approximate surface area is 165 Å². The Balaban J connectivity index is 2.13. The summed E-state index contributed by atoms with van der Waals surface area (Å²) in [4.78, 5) is 16.4. The fraction of sp³-hybridized carbons (Fsp3) is 0.263. The fourth-order valence-corrected chi connectivity index (χ4v) is 2.76. The molecule has 2 heterocycles. The minimum absolute atomic E-state index is 0.187. The lowest BCUT2D eigenvalue weighted by molar-refractivity contribution is -0.153. The molecule has 1 atom stereocenters. The van der Waals surface area contributed by atoms with Gasteiger partial charge in [0.15, 0.2) is 12.3 Å². The molecule has 2 aromatic heterocycles. The number of hydrogen-bond donors (Lipinski definition) is 1. The van der Waals surface area contributed by atoms with Crippen LogP contribution in [0.5, 0.6) is 5.75 Å². The average Bonchev–Trinajstić information content (AvgIpc) is 2.65. The molecule has 0 saturated carbocycles. The van der Waals surface area contributed by atoms with Crippen LogP contribution in [0, 0.1) is 0 Å².